The number of nitrogen functional groups attached to an aromatic ring is 1. The molecule has 114 valence electrons. The third-order valence-electron chi connectivity index (χ3n) is 4.73. The molecular formula is C16H22BrN3O. The summed E-state index contributed by atoms with van der Waals surface area (Å²) in [5, 5.41) is 0. The lowest BCUT2D eigenvalue weighted by molar-refractivity contribution is 0.0742. The zero-order valence-corrected chi connectivity index (χ0v) is 14.0. The Morgan fingerprint density at radius 2 is 2.05 bits per heavy atom. The Kier molecular flexibility index (Phi) is 4.22. The zero-order valence-electron chi connectivity index (χ0n) is 12.4. The van der Waals surface area contributed by atoms with Gasteiger partial charge in [0.05, 0.1) is 0 Å². The van der Waals surface area contributed by atoms with E-state index in [1.165, 1.54) is 19.4 Å². The van der Waals surface area contributed by atoms with E-state index in [0.29, 0.717) is 11.7 Å². The van der Waals surface area contributed by atoms with E-state index in [1.54, 1.807) is 0 Å². The van der Waals surface area contributed by atoms with Crippen molar-refractivity contribution in [1.82, 2.24) is 9.80 Å². The van der Waals surface area contributed by atoms with Crippen LogP contribution >= 0.6 is 15.9 Å². The molecule has 3 rings (SSSR count). The average molecular weight is 352 g/mol. The molecule has 1 unspecified atom stereocenters. The van der Waals surface area contributed by atoms with Crippen molar-refractivity contribution >= 4 is 27.5 Å². The lowest BCUT2D eigenvalue weighted by Gasteiger charge is -2.26. The summed E-state index contributed by atoms with van der Waals surface area (Å²) in [6.07, 6.45) is 3.53. The minimum absolute atomic E-state index is 0.120. The second-order valence-electron chi connectivity index (χ2n) is 6.10. The fourth-order valence-electron chi connectivity index (χ4n) is 3.48. The molecule has 0 aliphatic carbocycles. The monoisotopic (exact) mass is 351 g/mol. The van der Waals surface area contributed by atoms with Crippen LogP contribution in [-0.4, -0.2) is 47.9 Å². The smallest absolute Gasteiger partial charge is 0.254 e. The fourth-order valence-corrected chi connectivity index (χ4v) is 3.96. The molecule has 0 aromatic heterocycles. The maximum Gasteiger partial charge on any atom is 0.254 e. The fraction of sp³-hybridized carbons (Fsp3) is 0.562. The number of anilines is 1. The van der Waals surface area contributed by atoms with Crippen molar-refractivity contribution in [1.29, 1.82) is 0 Å². The lowest BCUT2D eigenvalue weighted by atomic mass is 10.1. The third-order valence-corrected chi connectivity index (χ3v) is 5.19. The molecule has 1 atom stereocenters. The van der Waals surface area contributed by atoms with Crippen LogP contribution in [0.3, 0.4) is 0 Å². The van der Waals surface area contributed by atoms with E-state index < -0.39 is 0 Å². The number of amides is 1. The molecule has 0 radical (unpaired) electrons. The van der Waals surface area contributed by atoms with Crippen LogP contribution in [0.2, 0.25) is 0 Å². The summed E-state index contributed by atoms with van der Waals surface area (Å²) in [5.41, 5.74) is 8.28. The van der Waals surface area contributed by atoms with Crippen LogP contribution in [0, 0.1) is 6.92 Å². The number of hydrogen-bond donors (Lipinski definition) is 1. The minimum atomic E-state index is 0.120. The van der Waals surface area contributed by atoms with Crippen LogP contribution in [0.25, 0.3) is 0 Å². The van der Waals surface area contributed by atoms with Gasteiger partial charge in [0.1, 0.15) is 0 Å². The van der Waals surface area contributed by atoms with Gasteiger partial charge in [-0.15, -0.1) is 0 Å². The molecule has 0 bridgehead atoms. The molecule has 1 aromatic carbocycles. The standard InChI is InChI=1S/C16H22BrN3O/c1-11-14(8-12(17)9-15(11)18)16(21)20-7-3-6-19-5-2-4-13(19)10-20/h8-9,13H,2-7,10,18H2,1H3. The molecule has 1 aromatic rings. The number of nitrogens with zero attached hydrogens (tertiary/aromatic N) is 2. The Hall–Kier alpha value is -1.07. The van der Waals surface area contributed by atoms with E-state index in [4.69, 9.17) is 5.73 Å². The molecule has 1 amide bonds. The maximum absolute atomic E-state index is 12.9. The topological polar surface area (TPSA) is 49.6 Å². The molecule has 4 nitrogen and oxygen atoms in total. The van der Waals surface area contributed by atoms with Gasteiger partial charge < -0.3 is 10.6 Å². The van der Waals surface area contributed by atoms with Gasteiger partial charge in [-0.05, 0) is 50.4 Å². The summed E-state index contributed by atoms with van der Waals surface area (Å²) >= 11 is 3.44. The first-order valence-electron chi connectivity index (χ1n) is 7.65. The molecule has 0 saturated carbocycles. The van der Waals surface area contributed by atoms with Crippen molar-refractivity contribution in [2.24, 2.45) is 0 Å². The van der Waals surface area contributed by atoms with Crippen LogP contribution in [0.1, 0.15) is 35.2 Å². The second-order valence-corrected chi connectivity index (χ2v) is 7.02. The minimum Gasteiger partial charge on any atom is -0.398 e. The Morgan fingerprint density at radius 3 is 2.86 bits per heavy atom. The maximum atomic E-state index is 12.9. The van der Waals surface area contributed by atoms with Gasteiger partial charge in [-0.1, -0.05) is 15.9 Å². The van der Waals surface area contributed by atoms with Crippen molar-refractivity contribution in [2.45, 2.75) is 32.2 Å². The number of rotatable bonds is 1. The largest absolute Gasteiger partial charge is 0.398 e. The predicted octanol–water partition coefficient (Wildman–Crippen LogP) is 2.65. The highest BCUT2D eigenvalue weighted by Gasteiger charge is 2.31. The molecule has 2 saturated heterocycles. The Labute approximate surface area is 134 Å². The van der Waals surface area contributed by atoms with Crippen LogP contribution in [0.5, 0.6) is 0 Å². The van der Waals surface area contributed by atoms with Gasteiger partial charge in [0.25, 0.3) is 5.91 Å². The van der Waals surface area contributed by atoms with E-state index in [0.717, 1.165) is 41.7 Å². The van der Waals surface area contributed by atoms with E-state index in [9.17, 15) is 4.79 Å². The summed E-state index contributed by atoms with van der Waals surface area (Å²) in [7, 11) is 0. The molecule has 5 heteroatoms. The van der Waals surface area contributed by atoms with Gasteiger partial charge in [0.15, 0.2) is 0 Å². The van der Waals surface area contributed by atoms with Gasteiger partial charge in [-0.25, -0.2) is 0 Å². The van der Waals surface area contributed by atoms with Crippen molar-refractivity contribution in [3.8, 4) is 0 Å². The molecule has 2 aliphatic rings. The number of carbonyl (C=O) groups excluding carboxylic acids is 1. The molecule has 2 fully saturated rings. The SMILES string of the molecule is Cc1c(N)cc(Br)cc1C(=O)N1CCCN2CCCC2C1. The van der Waals surface area contributed by atoms with Crippen molar-refractivity contribution in [3.05, 3.63) is 27.7 Å². The van der Waals surface area contributed by atoms with Crippen LogP contribution in [0.4, 0.5) is 5.69 Å². The van der Waals surface area contributed by atoms with Gasteiger partial charge >= 0.3 is 0 Å². The number of benzene rings is 1. The van der Waals surface area contributed by atoms with Crippen LogP contribution in [-0.2, 0) is 0 Å². The van der Waals surface area contributed by atoms with Gasteiger partial charge in [-0.3, -0.25) is 9.69 Å². The summed E-state index contributed by atoms with van der Waals surface area (Å²) < 4.78 is 0.867. The summed E-state index contributed by atoms with van der Waals surface area (Å²) in [6.45, 7) is 5.93. The van der Waals surface area contributed by atoms with Crippen LogP contribution in [0.15, 0.2) is 16.6 Å². The molecule has 2 N–H and O–H groups in total. The summed E-state index contributed by atoms with van der Waals surface area (Å²) in [6, 6.07) is 4.29. The number of fused-ring (bicyclic) bond motifs is 1. The van der Waals surface area contributed by atoms with Crippen molar-refractivity contribution in [3.63, 3.8) is 0 Å². The Morgan fingerprint density at radius 1 is 1.29 bits per heavy atom. The number of carbonyl (C=O) groups is 1. The van der Waals surface area contributed by atoms with Gasteiger partial charge in [-0.2, -0.15) is 0 Å². The molecule has 0 spiro atoms. The first-order valence-corrected chi connectivity index (χ1v) is 8.44. The van der Waals surface area contributed by atoms with E-state index in [2.05, 4.69) is 20.8 Å². The average Bonchev–Trinajstić information content (AvgIpc) is 2.79. The van der Waals surface area contributed by atoms with Crippen molar-refractivity contribution < 1.29 is 4.79 Å². The Bertz CT molecular complexity index is 561. The quantitative estimate of drug-likeness (QED) is 0.791. The first kappa shape index (κ1) is 14.9. The molecule has 2 aliphatic heterocycles. The number of nitrogens with two attached hydrogens (primary N) is 1. The zero-order chi connectivity index (χ0) is 15.0. The van der Waals surface area contributed by atoms with E-state index in [1.807, 2.05) is 24.0 Å². The van der Waals surface area contributed by atoms with Gasteiger partial charge in [0.2, 0.25) is 0 Å². The molecule has 2 heterocycles. The van der Waals surface area contributed by atoms with E-state index in [-0.39, 0.29) is 5.91 Å². The van der Waals surface area contributed by atoms with Crippen molar-refractivity contribution in [2.75, 3.05) is 31.9 Å². The second kappa shape index (κ2) is 5.97. The molecule has 21 heavy (non-hydrogen) atoms. The predicted molar refractivity (Wildman–Crippen MR) is 88.4 cm³/mol. The number of hydrogen-bond acceptors (Lipinski definition) is 3. The third kappa shape index (κ3) is 2.94. The number of halogens is 1. The van der Waals surface area contributed by atoms with Crippen LogP contribution < -0.4 is 5.73 Å². The highest BCUT2D eigenvalue weighted by atomic mass is 79.9. The highest BCUT2D eigenvalue weighted by Crippen LogP contribution is 2.26. The van der Waals surface area contributed by atoms with Gasteiger partial charge in [0, 0.05) is 41.4 Å². The summed E-state index contributed by atoms with van der Waals surface area (Å²) in [5.74, 6) is 0.120. The normalized spacial score (nSPS) is 23.0. The highest BCUT2D eigenvalue weighted by molar-refractivity contribution is 9.10. The lowest BCUT2D eigenvalue weighted by Crippen LogP contribution is -2.39. The molecular weight excluding hydrogens is 330 g/mol. The summed E-state index contributed by atoms with van der Waals surface area (Å²) in [4.78, 5) is 17.5. The Balaban J connectivity index is 1.84. The first-order chi connectivity index (χ1) is 10.1. The van der Waals surface area contributed by atoms with E-state index >= 15 is 0 Å².